The molecule has 6 heteroatoms. The van der Waals surface area contributed by atoms with Gasteiger partial charge in [-0.3, -0.25) is 4.79 Å². The molecule has 3 rings (SSSR count). The second-order valence-corrected chi connectivity index (χ2v) is 7.78. The summed E-state index contributed by atoms with van der Waals surface area (Å²) in [6.45, 7) is 2.44. The molecular weight excluding hydrogens is 468 g/mol. The van der Waals surface area contributed by atoms with Crippen molar-refractivity contribution in [3.63, 3.8) is 0 Å². The Hall–Kier alpha value is -3.56. The van der Waals surface area contributed by atoms with E-state index < -0.39 is 5.91 Å². The van der Waals surface area contributed by atoms with Crippen molar-refractivity contribution >= 4 is 33.6 Å². The summed E-state index contributed by atoms with van der Waals surface area (Å²) in [6.07, 6.45) is 2.26. The number of ether oxygens (including phenoxy) is 2. The number of halogens is 1. The molecule has 0 aliphatic carbocycles. The van der Waals surface area contributed by atoms with Gasteiger partial charge in [-0.1, -0.05) is 46.3 Å². The van der Waals surface area contributed by atoms with Crippen molar-refractivity contribution in [3.05, 3.63) is 93.5 Å². The van der Waals surface area contributed by atoms with E-state index in [2.05, 4.69) is 27.3 Å². The summed E-state index contributed by atoms with van der Waals surface area (Å²) < 4.78 is 12.0. The van der Waals surface area contributed by atoms with Gasteiger partial charge in [0.05, 0.1) is 13.7 Å². The number of carbonyl (C=O) groups is 1. The molecule has 0 aromatic heterocycles. The van der Waals surface area contributed by atoms with Crippen molar-refractivity contribution in [1.29, 1.82) is 5.26 Å². The number of anilines is 1. The molecule has 32 heavy (non-hydrogen) atoms. The Morgan fingerprint density at radius 2 is 1.84 bits per heavy atom. The normalized spacial score (nSPS) is 10.9. The molecule has 0 saturated carbocycles. The first-order valence-corrected chi connectivity index (χ1v) is 10.9. The van der Waals surface area contributed by atoms with Crippen molar-refractivity contribution in [2.75, 3.05) is 19.0 Å². The van der Waals surface area contributed by atoms with E-state index in [9.17, 15) is 10.1 Å². The lowest BCUT2D eigenvalue weighted by atomic mass is 10.0. The molecule has 162 valence electrons. The van der Waals surface area contributed by atoms with Gasteiger partial charge in [0, 0.05) is 16.6 Å². The highest BCUT2D eigenvalue weighted by Gasteiger charge is 2.12. The Labute approximate surface area is 196 Å². The van der Waals surface area contributed by atoms with Gasteiger partial charge in [-0.05, 0) is 66.1 Å². The summed E-state index contributed by atoms with van der Waals surface area (Å²) >= 11 is 3.59. The average Bonchev–Trinajstić information content (AvgIpc) is 2.81. The number of methoxy groups -OCH3 is 1. The van der Waals surface area contributed by atoms with E-state index in [1.165, 1.54) is 0 Å². The van der Waals surface area contributed by atoms with Crippen molar-refractivity contribution in [3.8, 4) is 17.6 Å². The van der Waals surface area contributed by atoms with Gasteiger partial charge in [-0.15, -0.1) is 0 Å². The first kappa shape index (κ1) is 23.1. The molecule has 5 nitrogen and oxygen atoms in total. The standard InChI is InChI=1S/C26H23BrN2O3/c1-3-32-25-15-18(8-9-20(25)16-19-6-4-5-7-24(19)27)14-21(17-28)26(30)29-22-10-12-23(31-2)13-11-22/h4-15H,3,16H2,1-2H3,(H,29,30)/b21-14+. The van der Waals surface area contributed by atoms with Gasteiger partial charge >= 0.3 is 0 Å². The SMILES string of the molecule is CCOc1cc(/C=C(\C#N)C(=O)Nc2ccc(OC)cc2)ccc1Cc1ccccc1Br. The van der Waals surface area contributed by atoms with Gasteiger partial charge in [0.15, 0.2) is 0 Å². The van der Waals surface area contributed by atoms with Crippen molar-refractivity contribution in [2.24, 2.45) is 0 Å². The minimum atomic E-state index is -0.479. The molecule has 3 aromatic rings. The summed E-state index contributed by atoms with van der Waals surface area (Å²) in [5, 5.41) is 12.3. The zero-order chi connectivity index (χ0) is 22.9. The third-order valence-electron chi connectivity index (χ3n) is 4.75. The number of nitrogens with one attached hydrogen (secondary N) is 1. The Bertz CT molecular complexity index is 1160. The molecule has 0 aliphatic rings. The zero-order valence-electron chi connectivity index (χ0n) is 17.9. The van der Waals surface area contributed by atoms with Crippen LogP contribution >= 0.6 is 15.9 Å². The molecule has 0 aliphatic heterocycles. The third kappa shape index (κ3) is 5.99. The van der Waals surface area contributed by atoms with E-state index in [0.717, 1.165) is 21.3 Å². The summed E-state index contributed by atoms with van der Waals surface area (Å²) in [5.74, 6) is 0.933. The molecule has 0 heterocycles. The first-order valence-electron chi connectivity index (χ1n) is 10.1. The van der Waals surface area contributed by atoms with Gasteiger partial charge in [-0.25, -0.2) is 0 Å². The zero-order valence-corrected chi connectivity index (χ0v) is 19.5. The van der Waals surface area contributed by atoms with E-state index in [-0.39, 0.29) is 5.57 Å². The van der Waals surface area contributed by atoms with Crippen molar-refractivity contribution in [2.45, 2.75) is 13.3 Å². The molecule has 0 saturated heterocycles. The van der Waals surface area contributed by atoms with Crippen LogP contribution in [0, 0.1) is 11.3 Å². The van der Waals surface area contributed by atoms with E-state index in [4.69, 9.17) is 9.47 Å². The van der Waals surface area contributed by atoms with E-state index >= 15 is 0 Å². The maximum Gasteiger partial charge on any atom is 0.266 e. The maximum absolute atomic E-state index is 12.6. The minimum Gasteiger partial charge on any atom is -0.497 e. The van der Waals surface area contributed by atoms with Crippen LogP contribution in [0.3, 0.4) is 0 Å². The fourth-order valence-corrected chi connectivity index (χ4v) is 3.56. The number of nitriles is 1. The molecule has 0 radical (unpaired) electrons. The smallest absolute Gasteiger partial charge is 0.266 e. The molecule has 0 atom stereocenters. The lowest BCUT2D eigenvalue weighted by Crippen LogP contribution is -2.13. The van der Waals surface area contributed by atoms with Crippen LogP contribution in [0.5, 0.6) is 11.5 Å². The quantitative estimate of drug-likeness (QED) is 0.310. The van der Waals surface area contributed by atoms with Crippen LogP contribution in [0.15, 0.2) is 76.8 Å². The van der Waals surface area contributed by atoms with Crippen LogP contribution in [-0.4, -0.2) is 19.6 Å². The lowest BCUT2D eigenvalue weighted by Gasteiger charge is -2.12. The van der Waals surface area contributed by atoms with Gasteiger partial charge in [0.1, 0.15) is 23.1 Å². The first-order chi connectivity index (χ1) is 15.5. The number of rotatable bonds is 8. The summed E-state index contributed by atoms with van der Waals surface area (Å²) in [7, 11) is 1.57. The van der Waals surface area contributed by atoms with Crippen LogP contribution < -0.4 is 14.8 Å². The lowest BCUT2D eigenvalue weighted by molar-refractivity contribution is -0.112. The Kier molecular flexibility index (Phi) is 8.07. The fourth-order valence-electron chi connectivity index (χ4n) is 3.13. The van der Waals surface area contributed by atoms with Crippen LogP contribution in [-0.2, 0) is 11.2 Å². The molecule has 1 amide bonds. The van der Waals surface area contributed by atoms with Gasteiger partial charge in [-0.2, -0.15) is 5.26 Å². The number of hydrogen-bond acceptors (Lipinski definition) is 4. The average molecular weight is 491 g/mol. The fraction of sp³-hybridized carbons (Fsp3) is 0.154. The largest absolute Gasteiger partial charge is 0.497 e. The van der Waals surface area contributed by atoms with Crippen LogP contribution in [0.4, 0.5) is 5.69 Å². The van der Waals surface area contributed by atoms with Crippen molar-refractivity contribution in [1.82, 2.24) is 0 Å². The maximum atomic E-state index is 12.6. The predicted octanol–water partition coefficient (Wildman–Crippen LogP) is 5.99. The Morgan fingerprint density at radius 1 is 1.09 bits per heavy atom. The molecule has 3 aromatic carbocycles. The number of nitrogens with zero attached hydrogens (tertiary/aromatic N) is 1. The van der Waals surface area contributed by atoms with Gasteiger partial charge in [0.2, 0.25) is 0 Å². The topological polar surface area (TPSA) is 71.3 Å². The van der Waals surface area contributed by atoms with Crippen LogP contribution in [0.2, 0.25) is 0 Å². The third-order valence-corrected chi connectivity index (χ3v) is 5.53. The highest BCUT2D eigenvalue weighted by molar-refractivity contribution is 9.10. The van der Waals surface area contributed by atoms with Gasteiger partial charge in [0.25, 0.3) is 5.91 Å². The van der Waals surface area contributed by atoms with E-state index in [1.807, 2.05) is 49.4 Å². The van der Waals surface area contributed by atoms with Gasteiger partial charge < -0.3 is 14.8 Å². The monoisotopic (exact) mass is 490 g/mol. The van der Waals surface area contributed by atoms with E-state index in [1.54, 1.807) is 37.5 Å². The highest BCUT2D eigenvalue weighted by Crippen LogP contribution is 2.27. The number of carbonyl (C=O) groups excluding carboxylic acids is 1. The summed E-state index contributed by atoms with van der Waals surface area (Å²) in [6, 6.07) is 22.6. The summed E-state index contributed by atoms with van der Waals surface area (Å²) in [5.41, 5.74) is 3.47. The molecule has 1 N–H and O–H groups in total. The number of amides is 1. The Morgan fingerprint density at radius 3 is 2.50 bits per heavy atom. The Balaban J connectivity index is 1.83. The molecule has 0 fully saturated rings. The van der Waals surface area contributed by atoms with Crippen molar-refractivity contribution < 1.29 is 14.3 Å². The predicted molar refractivity (Wildman–Crippen MR) is 130 cm³/mol. The molecule has 0 spiro atoms. The number of benzene rings is 3. The second kappa shape index (κ2) is 11.2. The number of hydrogen-bond donors (Lipinski definition) is 1. The second-order valence-electron chi connectivity index (χ2n) is 6.92. The van der Waals surface area contributed by atoms with Crippen LogP contribution in [0.1, 0.15) is 23.6 Å². The molecular formula is C26H23BrN2O3. The highest BCUT2D eigenvalue weighted by atomic mass is 79.9. The van der Waals surface area contributed by atoms with Crippen LogP contribution in [0.25, 0.3) is 6.08 Å². The molecule has 0 unspecified atom stereocenters. The van der Waals surface area contributed by atoms with E-state index in [0.29, 0.717) is 30.0 Å². The summed E-state index contributed by atoms with van der Waals surface area (Å²) in [4.78, 5) is 12.6. The minimum absolute atomic E-state index is 0.00169. The molecule has 0 bridgehead atoms.